The highest BCUT2D eigenvalue weighted by molar-refractivity contribution is 7.89. The summed E-state index contributed by atoms with van der Waals surface area (Å²) in [6.07, 6.45) is 5.30. The van der Waals surface area contributed by atoms with Crippen LogP contribution in [0.25, 0.3) is 0 Å². The molecule has 1 aromatic heterocycles. The third-order valence-corrected chi connectivity index (χ3v) is 8.62. The number of aryl methyl sites for hydroxylation is 2. The van der Waals surface area contributed by atoms with E-state index in [0.29, 0.717) is 30.6 Å². The first-order valence-electron chi connectivity index (χ1n) is 14.6. The molecule has 234 valence electrons. The fourth-order valence-electron chi connectivity index (χ4n) is 5.29. The molecule has 0 aliphatic heterocycles. The van der Waals surface area contributed by atoms with Gasteiger partial charge in [-0.05, 0) is 72.7 Å². The molecule has 2 atom stereocenters. The number of nitrogens with zero attached hydrogens (tertiary/aromatic N) is 3. The van der Waals surface area contributed by atoms with Gasteiger partial charge in [0.25, 0.3) is 5.92 Å². The monoisotopic (exact) mass is 626 g/mol. The van der Waals surface area contributed by atoms with Crippen LogP contribution in [0.5, 0.6) is 0 Å². The standard InChI is InChI=1S/C25H25F2N3O.C6H6FNO2S.C2H6/c1-29-13-12-28-23(29)16-30(24(31)21-15-20(21)17-6-3-2-4-7-17)19-9-10-22-18(14-19)8-5-11-25(22,26)27;7-5-1-3-6(4-2-5)11(8,9)10;1-2/h2-4,6-7,9-10,12-14,20-21H,5,8,11,15-16H2,1H3;1-4H,(H2,8,9,10);1-2H3. The van der Waals surface area contributed by atoms with Crippen LogP contribution in [0.3, 0.4) is 0 Å². The average molecular weight is 627 g/mol. The Hall–Kier alpha value is -3.96. The van der Waals surface area contributed by atoms with E-state index in [2.05, 4.69) is 17.1 Å². The molecular weight excluding hydrogens is 589 g/mol. The van der Waals surface area contributed by atoms with Gasteiger partial charge in [-0.15, -0.1) is 0 Å². The molecule has 7 nitrogen and oxygen atoms in total. The highest BCUT2D eigenvalue weighted by Crippen LogP contribution is 2.49. The smallest absolute Gasteiger partial charge is 0.273 e. The zero-order valence-corrected chi connectivity index (χ0v) is 25.8. The van der Waals surface area contributed by atoms with Crippen molar-refractivity contribution in [2.24, 2.45) is 18.1 Å². The molecule has 4 aromatic rings. The number of nitrogens with two attached hydrogens (primary N) is 1. The number of benzene rings is 3. The Morgan fingerprint density at radius 3 is 2.36 bits per heavy atom. The van der Waals surface area contributed by atoms with Crippen molar-refractivity contribution in [2.75, 3.05) is 4.90 Å². The van der Waals surface area contributed by atoms with Crippen molar-refractivity contribution in [1.82, 2.24) is 9.55 Å². The van der Waals surface area contributed by atoms with E-state index in [4.69, 9.17) is 5.14 Å². The first-order valence-corrected chi connectivity index (χ1v) is 16.1. The van der Waals surface area contributed by atoms with Crippen LogP contribution in [0.15, 0.2) is 90.1 Å². The zero-order valence-electron chi connectivity index (χ0n) is 25.0. The number of imidazole rings is 1. The molecule has 2 unspecified atom stereocenters. The number of carbonyl (C=O) groups is 1. The maximum absolute atomic E-state index is 14.3. The Morgan fingerprint density at radius 2 is 1.75 bits per heavy atom. The Labute approximate surface area is 256 Å². The molecule has 0 spiro atoms. The summed E-state index contributed by atoms with van der Waals surface area (Å²) in [5.41, 5.74) is 2.58. The first-order chi connectivity index (χ1) is 20.9. The lowest BCUT2D eigenvalue weighted by molar-refractivity contribution is -0.120. The third kappa shape index (κ3) is 7.75. The normalized spacial score (nSPS) is 18.1. The van der Waals surface area contributed by atoms with E-state index in [1.165, 1.54) is 11.6 Å². The number of alkyl halides is 2. The number of anilines is 1. The second-order valence-electron chi connectivity index (χ2n) is 10.6. The largest absolute Gasteiger partial charge is 0.337 e. The summed E-state index contributed by atoms with van der Waals surface area (Å²) in [6, 6.07) is 19.3. The summed E-state index contributed by atoms with van der Waals surface area (Å²) in [7, 11) is -1.80. The molecule has 2 aliphatic carbocycles. The van der Waals surface area contributed by atoms with Gasteiger partial charge in [0.05, 0.1) is 11.4 Å². The number of amides is 1. The van der Waals surface area contributed by atoms with Crippen molar-refractivity contribution in [3.05, 3.63) is 114 Å². The number of hydrogen-bond acceptors (Lipinski definition) is 4. The van der Waals surface area contributed by atoms with Crippen molar-refractivity contribution in [1.29, 1.82) is 0 Å². The molecule has 11 heteroatoms. The molecule has 0 bridgehead atoms. The summed E-state index contributed by atoms with van der Waals surface area (Å²) in [5.74, 6) is -2.39. The Balaban J connectivity index is 0.000000287. The van der Waals surface area contributed by atoms with E-state index in [-0.39, 0.29) is 34.6 Å². The zero-order chi connectivity index (χ0) is 32.1. The minimum atomic E-state index is -3.69. The van der Waals surface area contributed by atoms with Crippen molar-refractivity contribution < 1.29 is 26.4 Å². The molecule has 3 aromatic carbocycles. The summed E-state index contributed by atoms with van der Waals surface area (Å²) < 4.78 is 64.0. The second-order valence-corrected chi connectivity index (χ2v) is 12.2. The summed E-state index contributed by atoms with van der Waals surface area (Å²) in [4.78, 5) is 19.6. The number of aromatic nitrogens is 2. The molecule has 0 saturated heterocycles. The van der Waals surface area contributed by atoms with Crippen LogP contribution in [-0.4, -0.2) is 23.9 Å². The quantitative estimate of drug-likeness (QED) is 0.258. The van der Waals surface area contributed by atoms with Gasteiger partial charge in [0.2, 0.25) is 15.9 Å². The van der Waals surface area contributed by atoms with Crippen LogP contribution in [0.1, 0.15) is 61.5 Å². The van der Waals surface area contributed by atoms with Crippen molar-refractivity contribution >= 4 is 21.6 Å². The molecule has 44 heavy (non-hydrogen) atoms. The Morgan fingerprint density at radius 1 is 1.07 bits per heavy atom. The van der Waals surface area contributed by atoms with Gasteiger partial charge in [0, 0.05) is 43.0 Å². The molecule has 6 rings (SSSR count). The number of halogens is 3. The molecule has 2 aliphatic rings. The van der Waals surface area contributed by atoms with Gasteiger partial charge in [0.1, 0.15) is 11.6 Å². The number of primary sulfonamides is 1. The summed E-state index contributed by atoms with van der Waals surface area (Å²) in [6.45, 7) is 4.32. The summed E-state index contributed by atoms with van der Waals surface area (Å²) >= 11 is 0. The van der Waals surface area contributed by atoms with Gasteiger partial charge in [-0.2, -0.15) is 0 Å². The number of carbonyl (C=O) groups excluding carboxylic acids is 1. The predicted octanol–water partition coefficient (Wildman–Crippen LogP) is 6.68. The van der Waals surface area contributed by atoms with Gasteiger partial charge in [-0.25, -0.2) is 31.7 Å². The highest BCUT2D eigenvalue weighted by atomic mass is 32.2. The molecule has 0 radical (unpaired) electrons. The SMILES string of the molecule is CC.Cn1ccnc1CN(C(=O)C1CC1c1ccccc1)c1ccc2c(c1)CCCC2(F)F.NS(=O)(=O)c1ccc(F)cc1. The fourth-order valence-corrected chi connectivity index (χ4v) is 5.81. The number of sulfonamides is 1. The van der Waals surface area contributed by atoms with Crippen LogP contribution in [-0.2, 0) is 40.8 Å². The van der Waals surface area contributed by atoms with Crippen LogP contribution in [0.2, 0.25) is 0 Å². The Bertz CT molecular complexity index is 1680. The van der Waals surface area contributed by atoms with Gasteiger partial charge >= 0.3 is 0 Å². The maximum atomic E-state index is 14.3. The average Bonchev–Trinajstić information content (AvgIpc) is 3.71. The first kappa shape index (κ1) is 32.9. The van der Waals surface area contributed by atoms with Crippen LogP contribution >= 0.6 is 0 Å². The van der Waals surface area contributed by atoms with E-state index in [1.807, 2.05) is 49.9 Å². The van der Waals surface area contributed by atoms with Gasteiger partial charge < -0.3 is 9.47 Å². The minimum absolute atomic E-state index is 0.0272. The predicted molar refractivity (Wildman–Crippen MR) is 164 cm³/mol. The molecule has 2 N–H and O–H groups in total. The fraction of sp³-hybridized carbons (Fsp3) is 0.333. The Kier molecular flexibility index (Phi) is 10.3. The summed E-state index contributed by atoms with van der Waals surface area (Å²) in [5, 5.41) is 4.76. The van der Waals surface area contributed by atoms with Crippen LogP contribution in [0.4, 0.5) is 18.9 Å². The van der Waals surface area contributed by atoms with Gasteiger partial charge in [0.15, 0.2) is 0 Å². The van der Waals surface area contributed by atoms with E-state index in [9.17, 15) is 26.4 Å². The molecule has 1 saturated carbocycles. The van der Waals surface area contributed by atoms with Crippen molar-refractivity contribution in [2.45, 2.75) is 62.8 Å². The van der Waals surface area contributed by atoms with Crippen LogP contribution < -0.4 is 10.0 Å². The van der Waals surface area contributed by atoms with E-state index < -0.39 is 21.8 Å². The lowest BCUT2D eigenvalue weighted by Gasteiger charge is -2.28. The van der Waals surface area contributed by atoms with Gasteiger partial charge in [-0.1, -0.05) is 50.2 Å². The van der Waals surface area contributed by atoms with E-state index >= 15 is 0 Å². The third-order valence-electron chi connectivity index (χ3n) is 7.70. The maximum Gasteiger partial charge on any atom is 0.273 e. The highest BCUT2D eigenvalue weighted by Gasteiger charge is 2.46. The van der Waals surface area contributed by atoms with Gasteiger partial charge in [-0.3, -0.25) is 4.79 Å². The lowest BCUT2D eigenvalue weighted by atomic mass is 9.88. The topological polar surface area (TPSA) is 98.3 Å². The number of fused-ring (bicyclic) bond motifs is 1. The minimum Gasteiger partial charge on any atom is -0.337 e. The second kappa shape index (κ2) is 13.8. The van der Waals surface area contributed by atoms with Crippen molar-refractivity contribution in [3.63, 3.8) is 0 Å². The molecule has 1 heterocycles. The molecule has 1 amide bonds. The van der Waals surface area contributed by atoms with E-state index in [1.54, 1.807) is 23.2 Å². The van der Waals surface area contributed by atoms with Crippen LogP contribution in [0, 0.1) is 11.7 Å². The number of rotatable bonds is 6. The molecule has 1 fully saturated rings. The van der Waals surface area contributed by atoms with Crippen molar-refractivity contribution in [3.8, 4) is 0 Å². The molecular formula is C33H37F3N4O3S. The van der Waals surface area contributed by atoms with E-state index in [0.717, 1.165) is 36.5 Å². The lowest BCUT2D eigenvalue weighted by Crippen LogP contribution is -2.33. The number of hydrogen-bond donors (Lipinski definition) is 1.